The molecule has 0 radical (unpaired) electrons. The van der Waals surface area contributed by atoms with Crippen LogP contribution in [0, 0.1) is 0 Å². The Labute approximate surface area is 173 Å². The summed E-state index contributed by atoms with van der Waals surface area (Å²) < 4.78 is 2.23. The number of rotatable bonds is 3. The Kier molecular flexibility index (Phi) is 4.31. The van der Waals surface area contributed by atoms with Crippen molar-refractivity contribution in [1.82, 2.24) is 9.55 Å². The van der Waals surface area contributed by atoms with E-state index in [1.54, 1.807) is 6.07 Å². The normalized spacial score (nSPS) is 11.4. The van der Waals surface area contributed by atoms with Gasteiger partial charge in [-0.1, -0.05) is 77.8 Å². The van der Waals surface area contributed by atoms with Gasteiger partial charge >= 0.3 is 0 Å². The van der Waals surface area contributed by atoms with Crippen molar-refractivity contribution in [2.45, 2.75) is 6.54 Å². The Bertz CT molecular complexity index is 1320. The SMILES string of the molecule is Clc1ccc(-c2nc3ccccc3n2Cc2cccc3ccccc23)c(Cl)c1. The number of aromatic nitrogens is 2. The standard InChI is InChI=1S/C24H16Cl2N2/c25-18-12-13-20(21(26)14-18)24-27-22-10-3-4-11-23(22)28(24)15-17-8-5-7-16-6-1-2-9-19(16)17/h1-14H,15H2. The van der Waals surface area contributed by atoms with Crippen molar-refractivity contribution in [3.8, 4) is 11.4 Å². The fraction of sp³-hybridized carbons (Fsp3) is 0.0417. The Morgan fingerprint density at radius 2 is 1.57 bits per heavy atom. The van der Waals surface area contributed by atoms with Crippen LogP contribution in [0.3, 0.4) is 0 Å². The smallest absolute Gasteiger partial charge is 0.142 e. The summed E-state index contributed by atoms with van der Waals surface area (Å²) in [7, 11) is 0. The minimum absolute atomic E-state index is 0.599. The Hall–Kier alpha value is -2.81. The molecular weight excluding hydrogens is 387 g/mol. The highest BCUT2D eigenvalue weighted by atomic mass is 35.5. The van der Waals surface area contributed by atoms with Gasteiger partial charge in [-0.2, -0.15) is 0 Å². The maximum Gasteiger partial charge on any atom is 0.142 e. The zero-order valence-corrected chi connectivity index (χ0v) is 16.5. The average Bonchev–Trinajstić information content (AvgIpc) is 3.06. The zero-order valence-electron chi connectivity index (χ0n) is 14.9. The van der Waals surface area contributed by atoms with E-state index in [-0.39, 0.29) is 0 Å². The first kappa shape index (κ1) is 17.3. The van der Waals surface area contributed by atoms with Crippen molar-refractivity contribution in [2.75, 3.05) is 0 Å². The third-order valence-electron chi connectivity index (χ3n) is 5.03. The number of para-hydroxylation sites is 2. The molecule has 0 spiro atoms. The second kappa shape index (κ2) is 6.97. The molecule has 4 heteroatoms. The minimum atomic E-state index is 0.599. The molecule has 5 aromatic rings. The van der Waals surface area contributed by atoms with Gasteiger partial charge in [0.15, 0.2) is 0 Å². The predicted molar refractivity (Wildman–Crippen MR) is 118 cm³/mol. The summed E-state index contributed by atoms with van der Waals surface area (Å²) in [5, 5.41) is 3.69. The lowest BCUT2D eigenvalue weighted by molar-refractivity contribution is 0.840. The van der Waals surface area contributed by atoms with Crippen LogP contribution in [-0.4, -0.2) is 9.55 Å². The van der Waals surface area contributed by atoms with Gasteiger partial charge in [-0.05, 0) is 46.7 Å². The zero-order chi connectivity index (χ0) is 19.1. The summed E-state index contributed by atoms with van der Waals surface area (Å²) in [6, 6.07) is 28.6. The van der Waals surface area contributed by atoms with Gasteiger partial charge < -0.3 is 4.57 Å². The number of benzene rings is 4. The van der Waals surface area contributed by atoms with Gasteiger partial charge in [0, 0.05) is 10.6 Å². The summed E-state index contributed by atoms with van der Waals surface area (Å²) in [5.41, 5.74) is 4.15. The molecule has 1 aromatic heterocycles. The van der Waals surface area contributed by atoms with Crippen LogP contribution in [0.1, 0.15) is 5.56 Å². The highest BCUT2D eigenvalue weighted by molar-refractivity contribution is 6.36. The van der Waals surface area contributed by atoms with E-state index in [9.17, 15) is 0 Å². The molecule has 4 aromatic carbocycles. The summed E-state index contributed by atoms with van der Waals surface area (Å²) >= 11 is 12.6. The maximum atomic E-state index is 6.52. The second-order valence-corrected chi connectivity index (χ2v) is 7.62. The molecular formula is C24H16Cl2N2. The first-order valence-corrected chi connectivity index (χ1v) is 9.83. The highest BCUT2D eigenvalue weighted by Crippen LogP contribution is 2.33. The quantitative estimate of drug-likeness (QED) is 0.311. The van der Waals surface area contributed by atoms with Crippen molar-refractivity contribution in [2.24, 2.45) is 0 Å². The molecule has 28 heavy (non-hydrogen) atoms. The topological polar surface area (TPSA) is 17.8 Å². The van der Waals surface area contributed by atoms with Crippen LogP contribution < -0.4 is 0 Å². The molecule has 0 aliphatic heterocycles. The molecule has 5 rings (SSSR count). The van der Waals surface area contributed by atoms with Crippen LogP contribution in [0.25, 0.3) is 33.2 Å². The molecule has 0 bridgehead atoms. The van der Waals surface area contributed by atoms with E-state index in [2.05, 4.69) is 53.1 Å². The Morgan fingerprint density at radius 1 is 0.786 bits per heavy atom. The Balaban J connectivity index is 1.74. The molecule has 0 aliphatic rings. The van der Waals surface area contributed by atoms with E-state index < -0.39 is 0 Å². The number of hydrogen-bond donors (Lipinski definition) is 0. The largest absolute Gasteiger partial charge is 0.319 e. The van der Waals surface area contributed by atoms with E-state index >= 15 is 0 Å². The fourth-order valence-electron chi connectivity index (χ4n) is 3.71. The summed E-state index contributed by atoms with van der Waals surface area (Å²) in [6.45, 7) is 0.705. The summed E-state index contributed by atoms with van der Waals surface area (Å²) in [4.78, 5) is 4.89. The van der Waals surface area contributed by atoms with Gasteiger partial charge in [0.25, 0.3) is 0 Å². The number of nitrogens with zero attached hydrogens (tertiary/aromatic N) is 2. The van der Waals surface area contributed by atoms with Crippen LogP contribution in [-0.2, 0) is 6.54 Å². The van der Waals surface area contributed by atoms with Crippen molar-refractivity contribution in [3.05, 3.63) is 101 Å². The monoisotopic (exact) mass is 402 g/mol. The first-order valence-electron chi connectivity index (χ1n) is 9.08. The van der Waals surface area contributed by atoms with Gasteiger partial charge in [0.2, 0.25) is 0 Å². The lowest BCUT2D eigenvalue weighted by Gasteiger charge is -2.13. The third-order valence-corrected chi connectivity index (χ3v) is 5.58. The van der Waals surface area contributed by atoms with E-state index in [0.717, 1.165) is 22.4 Å². The number of fused-ring (bicyclic) bond motifs is 2. The molecule has 0 fully saturated rings. The van der Waals surface area contributed by atoms with E-state index in [4.69, 9.17) is 28.2 Å². The molecule has 0 saturated heterocycles. The molecule has 1 heterocycles. The van der Waals surface area contributed by atoms with Gasteiger partial charge in [-0.25, -0.2) is 4.98 Å². The molecule has 0 amide bonds. The second-order valence-electron chi connectivity index (χ2n) is 6.77. The molecule has 2 nitrogen and oxygen atoms in total. The number of hydrogen-bond acceptors (Lipinski definition) is 1. The molecule has 0 aliphatic carbocycles. The average molecular weight is 403 g/mol. The lowest BCUT2D eigenvalue weighted by Crippen LogP contribution is -2.03. The van der Waals surface area contributed by atoms with Crippen LogP contribution >= 0.6 is 23.2 Å². The van der Waals surface area contributed by atoms with Gasteiger partial charge in [-0.15, -0.1) is 0 Å². The summed E-state index contributed by atoms with van der Waals surface area (Å²) in [6.07, 6.45) is 0. The molecule has 0 unspecified atom stereocenters. The van der Waals surface area contributed by atoms with Crippen molar-refractivity contribution in [1.29, 1.82) is 0 Å². The molecule has 0 saturated carbocycles. The number of imidazole rings is 1. The fourth-order valence-corrected chi connectivity index (χ4v) is 4.21. The van der Waals surface area contributed by atoms with Crippen molar-refractivity contribution < 1.29 is 0 Å². The molecule has 0 N–H and O–H groups in total. The first-order chi connectivity index (χ1) is 13.7. The third kappa shape index (κ3) is 2.95. The van der Waals surface area contributed by atoms with Gasteiger partial charge in [0.1, 0.15) is 5.82 Å². The molecule has 136 valence electrons. The van der Waals surface area contributed by atoms with Crippen molar-refractivity contribution >= 4 is 45.0 Å². The van der Waals surface area contributed by atoms with Gasteiger partial charge in [0.05, 0.1) is 22.6 Å². The highest BCUT2D eigenvalue weighted by Gasteiger charge is 2.16. The van der Waals surface area contributed by atoms with Crippen LogP contribution in [0.5, 0.6) is 0 Å². The molecule has 0 atom stereocenters. The number of halogens is 2. The van der Waals surface area contributed by atoms with E-state index in [0.29, 0.717) is 16.6 Å². The lowest BCUT2D eigenvalue weighted by atomic mass is 10.0. The Morgan fingerprint density at radius 3 is 2.46 bits per heavy atom. The van der Waals surface area contributed by atoms with Crippen LogP contribution in [0.2, 0.25) is 10.0 Å². The predicted octanol–water partition coefficient (Wildman–Crippen LogP) is 7.21. The van der Waals surface area contributed by atoms with Gasteiger partial charge in [-0.3, -0.25) is 0 Å². The van der Waals surface area contributed by atoms with Crippen molar-refractivity contribution in [3.63, 3.8) is 0 Å². The van der Waals surface area contributed by atoms with E-state index in [1.807, 2.05) is 30.3 Å². The maximum absolute atomic E-state index is 6.52. The van der Waals surface area contributed by atoms with E-state index in [1.165, 1.54) is 16.3 Å². The minimum Gasteiger partial charge on any atom is -0.319 e. The van der Waals surface area contributed by atoms with Crippen LogP contribution in [0.4, 0.5) is 0 Å². The summed E-state index contributed by atoms with van der Waals surface area (Å²) in [5.74, 6) is 0.843. The van der Waals surface area contributed by atoms with Crippen LogP contribution in [0.15, 0.2) is 84.9 Å².